The summed E-state index contributed by atoms with van der Waals surface area (Å²) in [7, 11) is 0. The summed E-state index contributed by atoms with van der Waals surface area (Å²) in [5.74, 6) is 0. The molecule has 1 spiro atoms. The summed E-state index contributed by atoms with van der Waals surface area (Å²) in [4.78, 5) is 10.2. The van der Waals surface area contributed by atoms with E-state index in [9.17, 15) is 4.79 Å². The average Bonchev–Trinajstić information content (AvgIpc) is 2.59. The van der Waals surface area contributed by atoms with E-state index in [1.54, 1.807) is 0 Å². The van der Waals surface area contributed by atoms with Crippen LogP contribution < -0.4 is 5.32 Å². The molecule has 56 valence electrons. The van der Waals surface area contributed by atoms with Gasteiger partial charge in [0, 0.05) is 6.04 Å². The third-order valence-corrected chi connectivity index (χ3v) is 2.86. The standard InChI is InChI=1S/C7H11NO2/c9-6(10)8-5-1-2-7(5)3-4-7/h5,8H,1-4H2,(H,9,10). The van der Waals surface area contributed by atoms with Crippen molar-refractivity contribution in [1.82, 2.24) is 5.32 Å². The lowest BCUT2D eigenvalue weighted by molar-refractivity contribution is 0.149. The molecule has 0 aromatic heterocycles. The Hall–Kier alpha value is -0.730. The lowest BCUT2D eigenvalue weighted by Crippen LogP contribution is -2.47. The number of nitrogens with one attached hydrogen (secondary N) is 1. The van der Waals surface area contributed by atoms with E-state index < -0.39 is 6.09 Å². The maximum atomic E-state index is 10.2. The highest BCUT2D eigenvalue weighted by Gasteiger charge is 2.56. The van der Waals surface area contributed by atoms with Crippen molar-refractivity contribution in [3.63, 3.8) is 0 Å². The van der Waals surface area contributed by atoms with Crippen LogP contribution >= 0.6 is 0 Å². The molecule has 2 fully saturated rings. The topological polar surface area (TPSA) is 49.3 Å². The van der Waals surface area contributed by atoms with Crippen LogP contribution in [-0.4, -0.2) is 17.2 Å². The van der Waals surface area contributed by atoms with Gasteiger partial charge in [0.15, 0.2) is 0 Å². The zero-order chi connectivity index (χ0) is 7.19. The van der Waals surface area contributed by atoms with Crippen molar-refractivity contribution in [2.45, 2.75) is 31.7 Å². The number of hydrogen-bond donors (Lipinski definition) is 2. The maximum absolute atomic E-state index is 10.2. The molecule has 3 heteroatoms. The SMILES string of the molecule is O=C(O)NC1CCC12CC2. The normalized spacial score (nSPS) is 33.0. The van der Waals surface area contributed by atoms with Crippen molar-refractivity contribution in [3.8, 4) is 0 Å². The molecule has 3 nitrogen and oxygen atoms in total. The molecular weight excluding hydrogens is 130 g/mol. The Morgan fingerprint density at radius 1 is 1.50 bits per heavy atom. The van der Waals surface area contributed by atoms with Gasteiger partial charge in [0.2, 0.25) is 0 Å². The fourth-order valence-corrected chi connectivity index (χ4v) is 1.83. The van der Waals surface area contributed by atoms with Gasteiger partial charge in [0.05, 0.1) is 0 Å². The predicted molar refractivity (Wildman–Crippen MR) is 35.8 cm³/mol. The van der Waals surface area contributed by atoms with E-state index in [0.29, 0.717) is 5.41 Å². The molecule has 1 unspecified atom stereocenters. The van der Waals surface area contributed by atoms with E-state index in [-0.39, 0.29) is 6.04 Å². The Morgan fingerprint density at radius 3 is 2.50 bits per heavy atom. The molecule has 10 heavy (non-hydrogen) atoms. The first-order valence-electron chi connectivity index (χ1n) is 3.72. The molecule has 1 amide bonds. The Kier molecular flexibility index (Phi) is 0.993. The quantitative estimate of drug-likeness (QED) is 0.576. The van der Waals surface area contributed by atoms with Crippen LogP contribution in [0.5, 0.6) is 0 Å². The van der Waals surface area contributed by atoms with E-state index in [4.69, 9.17) is 5.11 Å². The van der Waals surface area contributed by atoms with Crippen LogP contribution in [0.15, 0.2) is 0 Å². The van der Waals surface area contributed by atoms with Gasteiger partial charge in [-0.25, -0.2) is 4.79 Å². The molecule has 2 rings (SSSR count). The maximum Gasteiger partial charge on any atom is 0.404 e. The van der Waals surface area contributed by atoms with Gasteiger partial charge in [-0.2, -0.15) is 0 Å². The Morgan fingerprint density at radius 2 is 2.20 bits per heavy atom. The third-order valence-electron chi connectivity index (χ3n) is 2.86. The molecule has 0 aromatic rings. The zero-order valence-corrected chi connectivity index (χ0v) is 5.76. The van der Waals surface area contributed by atoms with Crippen molar-refractivity contribution >= 4 is 6.09 Å². The van der Waals surface area contributed by atoms with E-state index in [1.165, 1.54) is 19.3 Å². The highest BCUT2D eigenvalue weighted by atomic mass is 16.4. The van der Waals surface area contributed by atoms with Crippen LogP contribution in [0.25, 0.3) is 0 Å². The molecule has 0 bridgehead atoms. The van der Waals surface area contributed by atoms with Gasteiger partial charge in [0.25, 0.3) is 0 Å². The Bertz CT molecular complexity index is 174. The Labute approximate surface area is 59.4 Å². The molecule has 2 aliphatic rings. The van der Waals surface area contributed by atoms with Gasteiger partial charge < -0.3 is 10.4 Å². The van der Waals surface area contributed by atoms with Crippen molar-refractivity contribution in [2.75, 3.05) is 0 Å². The first-order chi connectivity index (χ1) is 4.73. The third kappa shape index (κ3) is 0.696. The lowest BCUT2D eigenvalue weighted by Gasteiger charge is -2.36. The summed E-state index contributed by atoms with van der Waals surface area (Å²) in [5.41, 5.74) is 0.429. The van der Waals surface area contributed by atoms with E-state index >= 15 is 0 Å². The van der Waals surface area contributed by atoms with Crippen LogP contribution in [-0.2, 0) is 0 Å². The number of rotatable bonds is 1. The minimum atomic E-state index is -0.865. The molecule has 2 saturated carbocycles. The molecule has 0 aromatic carbocycles. The first-order valence-corrected chi connectivity index (χ1v) is 3.72. The van der Waals surface area contributed by atoms with E-state index in [1.807, 2.05) is 0 Å². The van der Waals surface area contributed by atoms with Crippen molar-refractivity contribution in [1.29, 1.82) is 0 Å². The van der Waals surface area contributed by atoms with Crippen LogP contribution in [0.3, 0.4) is 0 Å². The van der Waals surface area contributed by atoms with Gasteiger partial charge in [-0.15, -0.1) is 0 Å². The fraction of sp³-hybridized carbons (Fsp3) is 0.857. The second-order valence-electron chi connectivity index (χ2n) is 3.40. The monoisotopic (exact) mass is 141 g/mol. The smallest absolute Gasteiger partial charge is 0.404 e. The number of amides is 1. The summed E-state index contributed by atoms with van der Waals surface area (Å²) in [6, 6.07) is 0.282. The summed E-state index contributed by atoms with van der Waals surface area (Å²) < 4.78 is 0. The molecule has 0 aliphatic heterocycles. The summed E-state index contributed by atoms with van der Waals surface area (Å²) in [5, 5.41) is 10.9. The number of carboxylic acid groups (broad SMARTS) is 1. The summed E-state index contributed by atoms with van der Waals surface area (Å²) >= 11 is 0. The van der Waals surface area contributed by atoms with Crippen molar-refractivity contribution in [2.24, 2.45) is 5.41 Å². The zero-order valence-electron chi connectivity index (χ0n) is 5.76. The van der Waals surface area contributed by atoms with Crippen molar-refractivity contribution < 1.29 is 9.90 Å². The fourth-order valence-electron chi connectivity index (χ4n) is 1.83. The molecule has 0 saturated heterocycles. The molecule has 0 radical (unpaired) electrons. The number of hydrogen-bond acceptors (Lipinski definition) is 1. The van der Waals surface area contributed by atoms with Crippen LogP contribution in [0.1, 0.15) is 25.7 Å². The number of carbonyl (C=O) groups is 1. The molecular formula is C7H11NO2. The van der Waals surface area contributed by atoms with Gasteiger partial charge >= 0.3 is 6.09 Å². The van der Waals surface area contributed by atoms with Gasteiger partial charge in [0.1, 0.15) is 0 Å². The van der Waals surface area contributed by atoms with Crippen molar-refractivity contribution in [3.05, 3.63) is 0 Å². The van der Waals surface area contributed by atoms with Gasteiger partial charge in [-0.05, 0) is 31.1 Å². The van der Waals surface area contributed by atoms with Gasteiger partial charge in [-0.3, -0.25) is 0 Å². The van der Waals surface area contributed by atoms with Gasteiger partial charge in [-0.1, -0.05) is 0 Å². The summed E-state index contributed by atoms with van der Waals surface area (Å²) in [6.45, 7) is 0. The minimum Gasteiger partial charge on any atom is -0.465 e. The predicted octanol–water partition coefficient (Wildman–Crippen LogP) is 1.20. The van der Waals surface area contributed by atoms with Crippen LogP contribution in [0, 0.1) is 5.41 Å². The highest BCUT2D eigenvalue weighted by Crippen LogP contribution is 2.60. The largest absolute Gasteiger partial charge is 0.465 e. The minimum absolute atomic E-state index is 0.282. The average molecular weight is 141 g/mol. The molecule has 2 aliphatic carbocycles. The van der Waals surface area contributed by atoms with E-state index in [2.05, 4.69) is 5.32 Å². The molecule has 1 atom stereocenters. The first kappa shape index (κ1) is 6.01. The lowest BCUT2D eigenvalue weighted by atomic mass is 9.76. The summed E-state index contributed by atoms with van der Waals surface area (Å²) in [6.07, 6.45) is 3.89. The second-order valence-corrected chi connectivity index (χ2v) is 3.40. The highest BCUT2D eigenvalue weighted by molar-refractivity contribution is 5.65. The van der Waals surface area contributed by atoms with Crippen LogP contribution in [0.4, 0.5) is 4.79 Å². The molecule has 0 heterocycles. The van der Waals surface area contributed by atoms with Crippen LogP contribution in [0.2, 0.25) is 0 Å². The Balaban J connectivity index is 1.89. The molecule has 2 N–H and O–H groups in total. The second kappa shape index (κ2) is 1.65. The van der Waals surface area contributed by atoms with E-state index in [0.717, 1.165) is 6.42 Å².